The van der Waals surface area contributed by atoms with E-state index >= 15 is 0 Å². The molecular formula is C13H20N4OS2. The number of hydrogen-bond acceptors (Lipinski definition) is 5. The molecule has 20 heavy (non-hydrogen) atoms. The van der Waals surface area contributed by atoms with E-state index < -0.39 is 0 Å². The number of anilines is 1. The summed E-state index contributed by atoms with van der Waals surface area (Å²) in [5, 5.41) is 13.2. The lowest BCUT2D eigenvalue weighted by Gasteiger charge is -2.10. The van der Waals surface area contributed by atoms with Gasteiger partial charge in [0, 0.05) is 14.1 Å². The van der Waals surface area contributed by atoms with Crippen molar-refractivity contribution in [3.8, 4) is 6.07 Å². The second-order valence-corrected chi connectivity index (χ2v) is 6.39. The molecule has 5 nitrogen and oxygen atoms in total. The largest absolute Gasteiger partial charge is 0.331 e. The molecule has 0 spiro atoms. The number of aromatic nitrogens is 1. The van der Waals surface area contributed by atoms with E-state index in [1.165, 1.54) is 24.2 Å². The molecule has 0 radical (unpaired) electrons. The molecule has 110 valence electrons. The van der Waals surface area contributed by atoms with E-state index in [9.17, 15) is 10.1 Å². The normalized spacial score (nSPS) is 10.1. The van der Waals surface area contributed by atoms with Crippen molar-refractivity contribution in [3.63, 3.8) is 0 Å². The van der Waals surface area contributed by atoms with Crippen molar-refractivity contribution >= 4 is 34.3 Å². The number of thioether (sulfide) groups is 1. The van der Waals surface area contributed by atoms with Crippen LogP contribution in [0.1, 0.15) is 38.2 Å². The van der Waals surface area contributed by atoms with Crippen molar-refractivity contribution in [1.82, 2.24) is 9.27 Å². The number of nitrogens with one attached hydrogen (secondary N) is 1. The fourth-order valence-electron chi connectivity index (χ4n) is 1.46. The Kier molecular flexibility index (Phi) is 7.41. The van der Waals surface area contributed by atoms with Gasteiger partial charge >= 0.3 is 6.03 Å². The van der Waals surface area contributed by atoms with Crippen LogP contribution in [-0.2, 0) is 0 Å². The van der Waals surface area contributed by atoms with Gasteiger partial charge in [-0.05, 0) is 23.7 Å². The number of amides is 2. The van der Waals surface area contributed by atoms with Crippen molar-refractivity contribution in [1.29, 1.82) is 5.26 Å². The first-order valence-corrected chi connectivity index (χ1v) is 8.36. The lowest BCUT2D eigenvalue weighted by atomic mass is 10.2. The second kappa shape index (κ2) is 8.82. The van der Waals surface area contributed by atoms with Gasteiger partial charge in [-0.3, -0.25) is 5.32 Å². The van der Waals surface area contributed by atoms with Gasteiger partial charge in [-0.2, -0.15) is 9.64 Å². The molecular weight excluding hydrogens is 292 g/mol. The molecule has 0 aromatic carbocycles. The number of hydrogen-bond donors (Lipinski definition) is 1. The van der Waals surface area contributed by atoms with Crippen LogP contribution in [-0.4, -0.2) is 35.2 Å². The highest BCUT2D eigenvalue weighted by atomic mass is 32.2. The Morgan fingerprint density at radius 2 is 2.20 bits per heavy atom. The van der Waals surface area contributed by atoms with Crippen LogP contribution < -0.4 is 5.32 Å². The summed E-state index contributed by atoms with van der Waals surface area (Å²) in [5.74, 6) is 0.958. The lowest BCUT2D eigenvalue weighted by molar-refractivity contribution is 0.231. The minimum atomic E-state index is -0.246. The summed E-state index contributed by atoms with van der Waals surface area (Å²) < 4.78 is 4.27. The smallest absolute Gasteiger partial charge is 0.322 e. The van der Waals surface area contributed by atoms with Crippen molar-refractivity contribution < 1.29 is 4.79 Å². The SMILES string of the molecule is CCCCCCSc1nsc(NC(=O)N(C)C)c1C#N. The summed E-state index contributed by atoms with van der Waals surface area (Å²) in [7, 11) is 3.32. The monoisotopic (exact) mass is 312 g/mol. The Morgan fingerprint density at radius 3 is 2.80 bits per heavy atom. The molecule has 0 atom stereocenters. The number of rotatable bonds is 7. The number of urea groups is 1. The van der Waals surface area contributed by atoms with Crippen LogP contribution in [0.15, 0.2) is 5.03 Å². The van der Waals surface area contributed by atoms with E-state index in [0.29, 0.717) is 10.6 Å². The highest BCUT2D eigenvalue weighted by molar-refractivity contribution is 7.99. The summed E-state index contributed by atoms with van der Waals surface area (Å²) in [6, 6.07) is 1.89. The van der Waals surface area contributed by atoms with Gasteiger partial charge in [0.2, 0.25) is 0 Å². The van der Waals surface area contributed by atoms with Gasteiger partial charge in [0.1, 0.15) is 21.7 Å². The molecule has 7 heteroatoms. The van der Waals surface area contributed by atoms with Crippen LogP contribution in [0.3, 0.4) is 0 Å². The lowest BCUT2D eigenvalue weighted by Crippen LogP contribution is -2.27. The van der Waals surface area contributed by atoms with E-state index in [2.05, 4.69) is 22.7 Å². The second-order valence-electron chi connectivity index (χ2n) is 4.54. The molecule has 2 amide bonds. The number of nitrogens with zero attached hydrogens (tertiary/aromatic N) is 3. The molecule has 1 aromatic heterocycles. The van der Waals surface area contributed by atoms with Crippen LogP contribution in [0.4, 0.5) is 9.80 Å². The molecule has 0 aliphatic rings. The maximum Gasteiger partial charge on any atom is 0.322 e. The van der Waals surface area contributed by atoms with Gasteiger partial charge in [0.05, 0.1) is 0 Å². The van der Waals surface area contributed by atoms with Gasteiger partial charge in [-0.1, -0.05) is 26.2 Å². The zero-order chi connectivity index (χ0) is 15.0. The predicted molar refractivity (Wildman–Crippen MR) is 84.4 cm³/mol. The average molecular weight is 312 g/mol. The van der Waals surface area contributed by atoms with E-state index in [-0.39, 0.29) is 6.03 Å². The summed E-state index contributed by atoms with van der Waals surface area (Å²) in [6.07, 6.45) is 4.79. The zero-order valence-electron chi connectivity index (χ0n) is 12.1. The Labute approximate surface area is 128 Å². The maximum atomic E-state index is 11.6. The molecule has 0 unspecified atom stereocenters. The molecule has 1 N–H and O–H groups in total. The van der Waals surface area contributed by atoms with Gasteiger partial charge in [-0.25, -0.2) is 4.79 Å². The van der Waals surface area contributed by atoms with Crippen LogP contribution in [0.5, 0.6) is 0 Å². The summed E-state index contributed by atoms with van der Waals surface area (Å²) in [6.45, 7) is 2.18. The minimum Gasteiger partial charge on any atom is -0.331 e. The highest BCUT2D eigenvalue weighted by Crippen LogP contribution is 2.31. The van der Waals surface area contributed by atoms with Crippen LogP contribution in [0.2, 0.25) is 0 Å². The maximum absolute atomic E-state index is 11.6. The summed E-state index contributed by atoms with van der Waals surface area (Å²) >= 11 is 2.75. The number of nitriles is 1. The third kappa shape index (κ3) is 5.02. The molecule has 1 heterocycles. The number of carbonyl (C=O) groups is 1. The highest BCUT2D eigenvalue weighted by Gasteiger charge is 2.16. The molecule has 0 aliphatic carbocycles. The first-order chi connectivity index (χ1) is 9.60. The minimum absolute atomic E-state index is 0.246. The Morgan fingerprint density at radius 1 is 1.45 bits per heavy atom. The topological polar surface area (TPSA) is 69.0 Å². The van der Waals surface area contributed by atoms with E-state index in [1.807, 2.05) is 0 Å². The van der Waals surface area contributed by atoms with Gasteiger partial charge in [-0.15, -0.1) is 11.8 Å². The first kappa shape index (κ1) is 16.8. The first-order valence-electron chi connectivity index (χ1n) is 6.61. The van der Waals surface area contributed by atoms with Crippen molar-refractivity contribution in [2.45, 2.75) is 37.6 Å². The molecule has 1 rings (SSSR count). The van der Waals surface area contributed by atoms with E-state index in [0.717, 1.165) is 28.7 Å². The number of carbonyl (C=O) groups excluding carboxylic acids is 1. The predicted octanol–water partition coefficient (Wildman–Crippen LogP) is 3.78. The van der Waals surface area contributed by atoms with Crippen molar-refractivity contribution in [3.05, 3.63) is 5.56 Å². The Hall–Kier alpha value is -1.26. The summed E-state index contributed by atoms with van der Waals surface area (Å²) in [4.78, 5) is 13.0. The molecule has 0 bridgehead atoms. The Bertz CT molecular complexity index is 479. The third-order valence-electron chi connectivity index (χ3n) is 2.64. The van der Waals surface area contributed by atoms with E-state index in [4.69, 9.17) is 0 Å². The van der Waals surface area contributed by atoms with Crippen LogP contribution in [0.25, 0.3) is 0 Å². The molecule has 0 saturated carbocycles. The quantitative estimate of drug-likeness (QED) is 0.614. The number of unbranched alkanes of at least 4 members (excludes halogenated alkanes) is 3. The Balaban J connectivity index is 2.59. The van der Waals surface area contributed by atoms with Crippen LogP contribution >= 0.6 is 23.3 Å². The summed E-state index contributed by atoms with van der Waals surface area (Å²) in [5.41, 5.74) is 0.477. The fourth-order valence-corrected chi connectivity index (χ4v) is 3.32. The van der Waals surface area contributed by atoms with Gasteiger partial charge in [0.25, 0.3) is 0 Å². The molecule has 0 fully saturated rings. The van der Waals surface area contributed by atoms with Crippen molar-refractivity contribution in [2.75, 3.05) is 25.2 Å². The van der Waals surface area contributed by atoms with Gasteiger partial charge < -0.3 is 4.90 Å². The third-order valence-corrected chi connectivity index (χ3v) is 4.58. The molecule has 0 aliphatic heterocycles. The van der Waals surface area contributed by atoms with E-state index in [1.54, 1.807) is 25.9 Å². The van der Waals surface area contributed by atoms with Gasteiger partial charge in [0.15, 0.2) is 0 Å². The molecule has 1 aromatic rings. The van der Waals surface area contributed by atoms with Crippen molar-refractivity contribution in [2.24, 2.45) is 0 Å². The average Bonchev–Trinajstić information content (AvgIpc) is 2.80. The molecule has 0 saturated heterocycles. The van der Waals surface area contributed by atoms with Crippen LogP contribution in [0, 0.1) is 11.3 Å². The standard InChI is InChI=1S/C13H20N4OS2/c1-4-5-6-7-8-19-12-10(9-14)11(20-16-12)15-13(18)17(2)3/h4-8H2,1-3H3,(H,15,18). The fraction of sp³-hybridized carbons (Fsp3) is 0.615. The zero-order valence-corrected chi connectivity index (χ0v) is 13.7.